The minimum absolute atomic E-state index is 0.166. The van der Waals surface area contributed by atoms with Crippen LogP contribution in [0.1, 0.15) is 32.0 Å². The molecule has 92 valence electrons. The van der Waals surface area contributed by atoms with Crippen LogP contribution >= 0.6 is 0 Å². The highest BCUT2D eigenvalue weighted by atomic mass is 32.3. The van der Waals surface area contributed by atoms with E-state index in [1.807, 2.05) is 20.8 Å². The molecule has 0 N–H and O–H groups in total. The van der Waals surface area contributed by atoms with E-state index in [4.69, 9.17) is 0 Å². The van der Waals surface area contributed by atoms with Crippen molar-refractivity contribution in [2.45, 2.75) is 32.6 Å². The van der Waals surface area contributed by atoms with Gasteiger partial charge in [-0.3, -0.25) is 4.68 Å². The van der Waals surface area contributed by atoms with Crippen LogP contribution in [0.4, 0.5) is 3.89 Å². The van der Waals surface area contributed by atoms with Gasteiger partial charge in [-0.15, -0.1) is 3.89 Å². The Labute approximate surface area is 95.7 Å². The van der Waals surface area contributed by atoms with Gasteiger partial charge in [0.25, 0.3) is 0 Å². The lowest BCUT2D eigenvalue weighted by molar-refractivity contribution is 0.543. The van der Waals surface area contributed by atoms with Gasteiger partial charge in [0.05, 0.1) is 11.4 Å². The number of rotatable bonds is 3. The number of aryl methyl sites for hydroxylation is 2. The Balaban J connectivity index is 2.96. The predicted octanol–water partition coefficient (Wildman–Crippen LogP) is 1.56. The molecule has 1 rings (SSSR count). The number of hydrogen-bond acceptors (Lipinski definition) is 3. The average molecular weight is 248 g/mol. The van der Waals surface area contributed by atoms with E-state index < -0.39 is 16.0 Å². The Hall–Kier alpha value is -0.910. The van der Waals surface area contributed by atoms with E-state index in [1.165, 1.54) is 0 Å². The molecule has 0 amide bonds. The van der Waals surface area contributed by atoms with Gasteiger partial charge in [0.15, 0.2) is 0 Å². The van der Waals surface area contributed by atoms with Gasteiger partial charge in [0.1, 0.15) is 0 Å². The molecule has 0 aliphatic rings. The normalized spacial score (nSPS) is 13.1. The van der Waals surface area contributed by atoms with Crippen molar-refractivity contribution in [1.29, 1.82) is 0 Å². The summed E-state index contributed by atoms with van der Waals surface area (Å²) in [5.74, 6) is -0.484. The summed E-state index contributed by atoms with van der Waals surface area (Å²) in [5, 5.41) is 4.28. The lowest BCUT2D eigenvalue weighted by Crippen LogP contribution is -2.16. The molecule has 0 saturated heterocycles. The van der Waals surface area contributed by atoms with Gasteiger partial charge in [-0.25, -0.2) is 0 Å². The van der Waals surface area contributed by atoms with Crippen LogP contribution in [0.15, 0.2) is 6.20 Å². The third kappa shape index (κ3) is 3.59. The molecular weight excluding hydrogens is 231 g/mol. The molecule has 0 saturated carbocycles. The Morgan fingerprint density at radius 3 is 2.44 bits per heavy atom. The molecule has 0 radical (unpaired) electrons. The molecule has 16 heavy (non-hydrogen) atoms. The topological polar surface area (TPSA) is 52.0 Å². The SMILES string of the molecule is Cn1cc(CCS(=O)(=O)F)c(C(C)(C)C)n1. The highest BCUT2D eigenvalue weighted by Gasteiger charge is 2.22. The van der Waals surface area contributed by atoms with E-state index in [9.17, 15) is 12.3 Å². The van der Waals surface area contributed by atoms with Crippen LogP contribution in [0.5, 0.6) is 0 Å². The van der Waals surface area contributed by atoms with Crippen molar-refractivity contribution in [3.63, 3.8) is 0 Å². The maximum absolute atomic E-state index is 12.5. The first-order valence-corrected chi connectivity index (χ1v) is 6.60. The Bertz CT molecular complexity index is 471. The zero-order valence-electron chi connectivity index (χ0n) is 9.99. The first kappa shape index (κ1) is 13.2. The van der Waals surface area contributed by atoms with Crippen LogP contribution in [0.2, 0.25) is 0 Å². The van der Waals surface area contributed by atoms with E-state index in [0.717, 1.165) is 11.3 Å². The van der Waals surface area contributed by atoms with Gasteiger partial charge >= 0.3 is 10.2 Å². The molecule has 1 heterocycles. The number of hydrogen-bond donors (Lipinski definition) is 0. The smallest absolute Gasteiger partial charge is 0.275 e. The monoisotopic (exact) mass is 248 g/mol. The maximum Gasteiger partial charge on any atom is 0.302 e. The van der Waals surface area contributed by atoms with Crippen molar-refractivity contribution in [1.82, 2.24) is 9.78 Å². The van der Waals surface area contributed by atoms with Crippen molar-refractivity contribution in [3.8, 4) is 0 Å². The minimum atomic E-state index is -4.41. The molecule has 0 atom stereocenters. The Morgan fingerprint density at radius 1 is 1.44 bits per heavy atom. The van der Waals surface area contributed by atoms with Gasteiger partial charge in [-0.2, -0.15) is 13.5 Å². The standard InChI is InChI=1S/C10H17FN2O2S/c1-10(2,3)9-8(7-13(4)12-9)5-6-16(11,14)15/h7H,5-6H2,1-4H3. The summed E-state index contributed by atoms with van der Waals surface area (Å²) in [7, 11) is -2.65. The van der Waals surface area contributed by atoms with Gasteiger partial charge in [0.2, 0.25) is 0 Å². The molecule has 0 aliphatic heterocycles. The van der Waals surface area contributed by atoms with Gasteiger partial charge in [-0.1, -0.05) is 20.8 Å². The van der Waals surface area contributed by atoms with E-state index in [-0.39, 0.29) is 11.8 Å². The molecule has 0 fully saturated rings. The van der Waals surface area contributed by atoms with Crippen LogP contribution in [-0.2, 0) is 29.1 Å². The van der Waals surface area contributed by atoms with Gasteiger partial charge < -0.3 is 0 Å². The molecule has 4 nitrogen and oxygen atoms in total. The van der Waals surface area contributed by atoms with Gasteiger partial charge in [0, 0.05) is 18.7 Å². The fourth-order valence-corrected chi connectivity index (χ4v) is 2.05. The zero-order chi connectivity index (χ0) is 12.6. The summed E-state index contributed by atoms with van der Waals surface area (Å²) >= 11 is 0. The summed E-state index contributed by atoms with van der Waals surface area (Å²) in [6.45, 7) is 5.97. The van der Waals surface area contributed by atoms with Gasteiger partial charge in [-0.05, 0) is 12.0 Å². The maximum atomic E-state index is 12.5. The van der Waals surface area contributed by atoms with Crippen molar-refractivity contribution >= 4 is 10.2 Å². The Kier molecular flexibility index (Phi) is 3.42. The lowest BCUT2D eigenvalue weighted by Gasteiger charge is -2.17. The quantitative estimate of drug-likeness (QED) is 0.763. The van der Waals surface area contributed by atoms with E-state index >= 15 is 0 Å². The van der Waals surface area contributed by atoms with Crippen molar-refractivity contribution in [2.24, 2.45) is 7.05 Å². The second-order valence-electron chi connectivity index (χ2n) is 4.92. The third-order valence-corrected chi connectivity index (χ3v) is 2.92. The summed E-state index contributed by atoms with van der Waals surface area (Å²) in [6.07, 6.45) is 1.91. The summed E-state index contributed by atoms with van der Waals surface area (Å²) < 4.78 is 35.0. The molecule has 6 heteroatoms. The zero-order valence-corrected chi connectivity index (χ0v) is 10.8. The molecule has 0 bridgehead atoms. The van der Waals surface area contributed by atoms with Crippen molar-refractivity contribution in [2.75, 3.05) is 5.75 Å². The largest absolute Gasteiger partial charge is 0.302 e. The minimum Gasteiger partial charge on any atom is -0.275 e. The van der Waals surface area contributed by atoms with E-state index in [1.54, 1.807) is 17.9 Å². The molecule has 0 aliphatic carbocycles. The van der Waals surface area contributed by atoms with Crippen LogP contribution in [0.25, 0.3) is 0 Å². The second kappa shape index (κ2) is 4.16. The molecule has 0 aromatic carbocycles. The predicted molar refractivity (Wildman–Crippen MR) is 60.5 cm³/mol. The molecule has 1 aromatic rings. The number of halogens is 1. The van der Waals surface area contributed by atoms with E-state index in [0.29, 0.717) is 0 Å². The highest BCUT2D eigenvalue weighted by Crippen LogP contribution is 2.24. The van der Waals surface area contributed by atoms with Crippen molar-refractivity contribution < 1.29 is 12.3 Å². The van der Waals surface area contributed by atoms with Crippen LogP contribution in [0.3, 0.4) is 0 Å². The highest BCUT2D eigenvalue weighted by molar-refractivity contribution is 7.86. The lowest BCUT2D eigenvalue weighted by atomic mass is 9.89. The summed E-state index contributed by atoms with van der Waals surface area (Å²) in [5.41, 5.74) is 1.44. The van der Waals surface area contributed by atoms with Crippen LogP contribution in [0, 0.1) is 0 Å². The average Bonchev–Trinajstić information content (AvgIpc) is 2.41. The van der Waals surface area contributed by atoms with E-state index in [2.05, 4.69) is 5.10 Å². The van der Waals surface area contributed by atoms with Crippen LogP contribution < -0.4 is 0 Å². The number of aromatic nitrogens is 2. The Morgan fingerprint density at radius 2 is 2.00 bits per heavy atom. The molecule has 0 unspecified atom stereocenters. The molecular formula is C10H17FN2O2S. The first-order chi connectivity index (χ1) is 7.09. The van der Waals surface area contributed by atoms with Crippen molar-refractivity contribution in [3.05, 3.63) is 17.5 Å². The third-order valence-electron chi connectivity index (χ3n) is 2.23. The second-order valence-corrected chi connectivity index (χ2v) is 6.41. The first-order valence-electron chi connectivity index (χ1n) is 5.05. The molecule has 1 aromatic heterocycles. The van der Waals surface area contributed by atoms with Crippen LogP contribution in [-0.4, -0.2) is 24.0 Å². The molecule has 0 spiro atoms. The summed E-state index contributed by atoms with van der Waals surface area (Å²) in [6, 6.07) is 0. The summed E-state index contributed by atoms with van der Waals surface area (Å²) in [4.78, 5) is 0. The fraction of sp³-hybridized carbons (Fsp3) is 0.700. The fourth-order valence-electron chi connectivity index (χ4n) is 1.58. The number of nitrogens with zero attached hydrogens (tertiary/aromatic N) is 2.